The van der Waals surface area contributed by atoms with E-state index in [1.807, 2.05) is 0 Å². The lowest BCUT2D eigenvalue weighted by Gasteiger charge is -2.13. The van der Waals surface area contributed by atoms with Crippen molar-refractivity contribution < 1.29 is 18.0 Å². The van der Waals surface area contributed by atoms with Crippen LogP contribution in [0.4, 0.5) is 13.2 Å². The number of benzene rings is 1. The van der Waals surface area contributed by atoms with Gasteiger partial charge in [0.25, 0.3) is 7.98 Å². The molecule has 96 valence electrons. The minimum Gasteiger partial charge on any atom is -0.363 e. The lowest BCUT2D eigenvalue weighted by Crippen LogP contribution is -2.29. The Bertz CT molecular complexity index is 549. The number of halogens is 3. The van der Waals surface area contributed by atoms with Gasteiger partial charge in [0, 0.05) is 11.8 Å². The molecule has 0 saturated carbocycles. The highest BCUT2D eigenvalue weighted by Gasteiger charge is 2.40. The first kappa shape index (κ1) is 13.3. The summed E-state index contributed by atoms with van der Waals surface area (Å²) in [5.41, 5.74) is 1.71. The maximum Gasteiger partial charge on any atom is 0.471 e. The van der Waals surface area contributed by atoms with Gasteiger partial charge in [-0.15, -0.1) is 0 Å². The van der Waals surface area contributed by atoms with Gasteiger partial charge in [0.1, 0.15) is 5.71 Å². The number of hydrogen-bond donors (Lipinski definition) is 0. The van der Waals surface area contributed by atoms with Crippen LogP contribution in [0.15, 0.2) is 39.3 Å². The summed E-state index contributed by atoms with van der Waals surface area (Å²) in [6.07, 6.45) is -3.17. The minimum absolute atomic E-state index is 0.181. The molecule has 0 aliphatic carbocycles. The molecule has 1 heterocycles. The molecule has 0 amide bonds. The van der Waals surface area contributed by atoms with Crippen molar-refractivity contribution in [3.05, 3.63) is 35.4 Å². The van der Waals surface area contributed by atoms with E-state index in [-0.39, 0.29) is 6.54 Å². The van der Waals surface area contributed by atoms with Crippen LogP contribution in [0.5, 0.6) is 0 Å². The summed E-state index contributed by atoms with van der Waals surface area (Å²) < 4.78 is 36.8. The third-order valence-electron chi connectivity index (χ3n) is 2.32. The Balaban J connectivity index is 2.11. The normalized spacial score (nSPS) is 15.9. The highest BCUT2D eigenvalue weighted by atomic mass is 19.4. The van der Waals surface area contributed by atoms with E-state index in [9.17, 15) is 13.2 Å². The van der Waals surface area contributed by atoms with Crippen molar-refractivity contribution in [1.82, 2.24) is 0 Å². The van der Waals surface area contributed by atoms with Gasteiger partial charge in [-0.05, 0) is 5.56 Å². The highest BCUT2D eigenvalue weighted by Crippen LogP contribution is 2.21. The van der Waals surface area contributed by atoms with E-state index in [2.05, 4.69) is 19.9 Å². The van der Waals surface area contributed by atoms with Crippen molar-refractivity contribution in [1.29, 1.82) is 0 Å². The van der Waals surface area contributed by atoms with Gasteiger partial charge in [0.2, 0.25) is 0 Å². The van der Waals surface area contributed by atoms with Crippen LogP contribution in [0.3, 0.4) is 0 Å². The summed E-state index contributed by atoms with van der Waals surface area (Å²) >= 11 is 0. The van der Waals surface area contributed by atoms with Crippen LogP contribution in [0.1, 0.15) is 11.1 Å². The number of oxime groups is 1. The molecule has 0 fully saturated rings. The van der Waals surface area contributed by atoms with E-state index >= 15 is 0 Å². The predicted molar refractivity (Wildman–Crippen MR) is 65.8 cm³/mol. The summed E-state index contributed by atoms with van der Waals surface area (Å²) in [6.45, 7) is -0.181. The van der Waals surface area contributed by atoms with Crippen molar-refractivity contribution in [3.8, 4) is 0 Å². The zero-order valence-corrected chi connectivity index (χ0v) is 9.55. The summed E-state index contributed by atoms with van der Waals surface area (Å²) in [5, 5.41) is 3.43. The molecule has 1 aromatic rings. The van der Waals surface area contributed by atoms with E-state index in [4.69, 9.17) is 7.98 Å². The molecular weight excluding hydrogens is 258 g/mol. The predicted octanol–water partition coefficient (Wildman–Crippen LogP) is 1.88. The van der Waals surface area contributed by atoms with E-state index < -0.39 is 12.1 Å². The fourth-order valence-corrected chi connectivity index (χ4v) is 1.44. The van der Waals surface area contributed by atoms with Gasteiger partial charge in [-0.3, -0.25) is 0 Å². The Kier molecular flexibility index (Phi) is 3.68. The van der Waals surface area contributed by atoms with Gasteiger partial charge in [-0.2, -0.15) is 13.2 Å². The van der Waals surface area contributed by atoms with E-state index in [1.54, 1.807) is 24.3 Å². The molecule has 4 nitrogen and oxygen atoms in total. The maximum absolute atomic E-state index is 12.3. The van der Waals surface area contributed by atoms with Crippen molar-refractivity contribution in [2.45, 2.75) is 6.18 Å². The quantitative estimate of drug-likeness (QED) is 0.594. The summed E-state index contributed by atoms with van der Waals surface area (Å²) in [7, 11) is 5.00. The first-order chi connectivity index (χ1) is 9.00. The van der Waals surface area contributed by atoms with Gasteiger partial charge in [0.05, 0.1) is 6.54 Å². The van der Waals surface area contributed by atoms with Crippen LogP contribution in [-0.2, 0) is 4.84 Å². The van der Waals surface area contributed by atoms with E-state index in [1.165, 1.54) is 6.21 Å². The number of hydrogen-bond acceptors (Lipinski definition) is 4. The van der Waals surface area contributed by atoms with Gasteiger partial charge < -0.3 is 9.74 Å². The molecule has 1 aliphatic heterocycles. The Labute approximate surface area is 108 Å². The van der Waals surface area contributed by atoms with Crippen LogP contribution in [0.2, 0.25) is 0 Å². The third-order valence-corrected chi connectivity index (χ3v) is 2.32. The molecule has 0 aromatic heterocycles. The van der Waals surface area contributed by atoms with Crippen LogP contribution < -0.4 is 0 Å². The standard InChI is InChI=1S/C11H7BF3N3O/c12-17-5-7-1-3-8(4-2-7)9-6-16-10(19-18-9)11(13,14)15/h1-5H,6H2. The monoisotopic (exact) mass is 265 g/mol. The molecular formula is C11H7BF3N3O. The zero-order chi connectivity index (χ0) is 13.9. The molecule has 1 aromatic carbocycles. The van der Waals surface area contributed by atoms with E-state index in [0.29, 0.717) is 11.3 Å². The molecule has 2 rings (SSSR count). The molecule has 2 radical (unpaired) electrons. The Morgan fingerprint density at radius 3 is 2.42 bits per heavy atom. The molecule has 0 N–H and O–H groups in total. The third kappa shape index (κ3) is 3.21. The van der Waals surface area contributed by atoms with Crippen molar-refractivity contribution in [2.24, 2.45) is 15.1 Å². The molecule has 0 spiro atoms. The zero-order valence-electron chi connectivity index (χ0n) is 9.55. The summed E-state index contributed by atoms with van der Waals surface area (Å²) in [4.78, 5) is 10.9. The fraction of sp³-hybridized carbons (Fsp3) is 0.182. The minimum atomic E-state index is -4.61. The number of nitrogens with zero attached hydrogens (tertiary/aromatic N) is 3. The Morgan fingerprint density at radius 1 is 1.26 bits per heavy atom. The first-order valence-corrected chi connectivity index (χ1v) is 5.20. The average molecular weight is 265 g/mol. The largest absolute Gasteiger partial charge is 0.471 e. The molecule has 0 unspecified atom stereocenters. The fourth-order valence-electron chi connectivity index (χ4n) is 1.44. The van der Waals surface area contributed by atoms with Gasteiger partial charge >= 0.3 is 12.1 Å². The molecule has 0 atom stereocenters. The number of alkyl halides is 3. The van der Waals surface area contributed by atoms with Crippen LogP contribution in [0, 0.1) is 0 Å². The van der Waals surface area contributed by atoms with Crippen LogP contribution in [-0.4, -0.2) is 38.5 Å². The van der Waals surface area contributed by atoms with Crippen LogP contribution >= 0.6 is 0 Å². The smallest absolute Gasteiger partial charge is 0.363 e. The Morgan fingerprint density at radius 2 is 1.95 bits per heavy atom. The average Bonchev–Trinajstić information content (AvgIpc) is 2.39. The molecule has 0 bridgehead atoms. The maximum atomic E-state index is 12.3. The highest BCUT2D eigenvalue weighted by molar-refractivity contribution is 6.11. The lowest BCUT2D eigenvalue weighted by molar-refractivity contribution is -0.0787. The Hall–Kier alpha value is -2.12. The first-order valence-electron chi connectivity index (χ1n) is 5.20. The van der Waals surface area contributed by atoms with Crippen molar-refractivity contribution in [2.75, 3.05) is 6.54 Å². The SMILES string of the molecule is [B]N=Cc1ccc(C2=NOC(C(F)(F)F)=NC2)cc1. The van der Waals surface area contributed by atoms with Gasteiger partial charge in [-0.25, -0.2) is 4.99 Å². The van der Waals surface area contributed by atoms with Crippen LogP contribution in [0.25, 0.3) is 0 Å². The second-order valence-electron chi connectivity index (χ2n) is 3.65. The summed E-state index contributed by atoms with van der Waals surface area (Å²) in [6, 6.07) is 6.76. The topological polar surface area (TPSA) is 46.3 Å². The van der Waals surface area contributed by atoms with Gasteiger partial charge in [-0.1, -0.05) is 29.4 Å². The van der Waals surface area contributed by atoms with Gasteiger partial charge in [0.15, 0.2) is 0 Å². The summed E-state index contributed by atoms with van der Waals surface area (Å²) in [5.74, 6) is -1.33. The molecule has 8 heteroatoms. The second kappa shape index (κ2) is 5.25. The van der Waals surface area contributed by atoms with Crippen molar-refractivity contribution >= 4 is 25.8 Å². The molecule has 1 aliphatic rings. The van der Waals surface area contributed by atoms with Crippen molar-refractivity contribution in [3.63, 3.8) is 0 Å². The van der Waals surface area contributed by atoms with E-state index in [0.717, 1.165) is 5.56 Å². The number of aliphatic imine (C=N–C) groups is 1. The number of rotatable bonds is 2. The molecule has 19 heavy (non-hydrogen) atoms. The second-order valence-corrected chi connectivity index (χ2v) is 3.65. The molecule has 0 saturated heterocycles. The lowest BCUT2D eigenvalue weighted by atomic mass is 10.1.